The van der Waals surface area contributed by atoms with Gasteiger partial charge in [-0.3, -0.25) is 14.2 Å². The number of rotatable bonds is 6. The van der Waals surface area contributed by atoms with Gasteiger partial charge in [0.2, 0.25) is 5.91 Å². The van der Waals surface area contributed by atoms with Crippen molar-refractivity contribution in [1.29, 1.82) is 0 Å². The first-order valence-electron chi connectivity index (χ1n) is 9.27. The SMILES string of the molecule is C=CCn1c(SCC(=O)Nc2ccc3ccccc3c2)nc2cc(Cl)ccc2c1=O. The topological polar surface area (TPSA) is 64.0 Å². The van der Waals surface area contributed by atoms with E-state index in [-0.39, 0.29) is 17.2 Å². The molecule has 4 aromatic rings. The van der Waals surface area contributed by atoms with Crippen molar-refractivity contribution in [2.24, 2.45) is 0 Å². The summed E-state index contributed by atoms with van der Waals surface area (Å²) in [6, 6.07) is 18.7. The van der Waals surface area contributed by atoms with Gasteiger partial charge in [-0.2, -0.15) is 0 Å². The number of allylic oxidation sites excluding steroid dienone is 1. The fourth-order valence-corrected chi connectivity index (χ4v) is 4.14. The fourth-order valence-electron chi connectivity index (χ4n) is 3.17. The molecular formula is C23H18ClN3O2S. The fraction of sp³-hybridized carbons (Fsp3) is 0.0870. The van der Waals surface area contributed by atoms with E-state index in [9.17, 15) is 9.59 Å². The molecule has 0 saturated heterocycles. The molecule has 0 aliphatic heterocycles. The zero-order valence-electron chi connectivity index (χ0n) is 16.0. The van der Waals surface area contributed by atoms with Gasteiger partial charge in [-0.25, -0.2) is 4.98 Å². The van der Waals surface area contributed by atoms with Gasteiger partial charge in [0.15, 0.2) is 5.16 Å². The van der Waals surface area contributed by atoms with Crippen LogP contribution < -0.4 is 10.9 Å². The van der Waals surface area contributed by atoms with Crippen molar-refractivity contribution in [1.82, 2.24) is 9.55 Å². The molecule has 0 spiro atoms. The average Bonchev–Trinajstić information content (AvgIpc) is 2.74. The molecule has 30 heavy (non-hydrogen) atoms. The number of benzene rings is 3. The number of carbonyl (C=O) groups excluding carboxylic acids is 1. The van der Waals surface area contributed by atoms with Crippen molar-refractivity contribution in [3.05, 3.63) is 88.7 Å². The second-order valence-corrected chi connectivity index (χ2v) is 8.04. The van der Waals surface area contributed by atoms with Crippen molar-refractivity contribution >= 4 is 56.6 Å². The lowest BCUT2D eigenvalue weighted by molar-refractivity contribution is -0.113. The Bertz CT molecular complexity index is 1330. The summed E-state index contributed by atoms with van der Waals surface area (Å²) in [5.74, 6) is -0.0662. The molecule has 1 heterocycles. The van der Waals surface area contributed by atoms with Crippen LogP contribution in [-0.4, -0.2) is 21.2 Å². The molecule has 0 unspecified atom stereocenters. The molecule has 0 fully saturated rings. The smallest absolute Gasteiger partial charge is 0.262 e. The number of amides is 1. The molecule has 0 saturated carbocycles. The van der Waals surface area contributed by atoms with Crippen LogP contribution in [0, 0.1) is 0 Å². The van der Waals surface area contributed by atoms with Crippen LogP contribution in [0.1, 0.15) is 0 Å². The van der Waals surface area contributed by atoms with Gasteiger partial charge >= 0.3 is 0 Å². The number of aromatic nitrogens is 2. The van der Waals surface area contributed by atoms with E-state index < -0.39 is 0 Å². The third-order valence-corrected chi connectivity index (χ3v) is 5.77. The quantitative estimate of drug-likeness (QED) is 0.259. The summed E-state index contributed by atoms with van der Waals surface area (Å²) in [6.45, 7) is 4.02. The minimum atomic E-state index is -0.186. The monoisotopic (exact) mass is 435 g/mol. The normalized spacial score (nSPS) is 11.0. The summed E-state index contributed by atoms with van der Waals surface area (Å²) < 4.78 is 1.51. The van der Waals surface area contributed by atoms with Crippen LogP contribution in [-0.2, 0) is 11.3 Å². The van der Waals surface area contributed by atoms with Crippen LogP contribution in [0.5, 0.6) is 0 Å². The van der Waals surface area contributed by atoms with Crippen molar-refractivity contribution in [3.63, 3.8) is 0 Å². The van der Waals surface area contributed by atoms with Gasteiger partial charge in [0.1, 0.15) is 0 Å². The molecule has 0 radical (unpaired) electrons. The molecule has 150 valence electrons. The van der Waals surface area contributed by atoms with Gasteiger partial charge in [0.05, 0.1) is 16.7 Å². The first-order chi connectivity index (χ1) is 14.5. The summed E-state index contributed by atoms with van der Waals surface area (Å²) >= 11 is 7.25. The van der Waals surface area contributed by atoms with Crippen LogP contribution in [0.15, 0.2) is 83.3 Å². The van der Waals surface area contributed by atoms with E-state index in [1.165, 1.54) is 16.3 Å². The van der Waals surface area contributed by atoms with Crippen LogP contribution in [0.3, 0.4) is 0 Å². The Balaban J connectivity index is 1.55. The van der Waals surface area contributed by atoms with Gasteiger partial charge in [0, 0.05) is 17.3 Å². The molecule has 1 amide bonds. The number of carbonyl (C=O) groups is 1. The van der Waals surface area contributed by atoms with E-state index in [1.807, 2.05) is 42.5 Å². The number of nitrogens with zero attached hydrogens (tertiary/aromatic N) is 2. The highest BCUT2D eigenvalue weighted by atomic mass is 35.5. The Hall–Kier alpha value is -3.09. The average molecular weight is 436 g/mol. The maximum absolute atomic E-state index is 12.8. The van der Waals surface area contributed by atoms with Gasteiger partial charge in [-0.05, 0) is 41.1 Å². The van der Waals surface area contributed by atoms with E-state index in [4.69, 9.17) is 11.6 Å². The predicted octanol–water partition coefficient (Wildman–Crippen LogP) is 5.12. The molecule has 0 aliphatic rings. The standard InChI is InChI=1S/C23H18ClN3O2S/c1-2-11-27-22(29)19-10-8-17(24)13-20(19)26-23(27)30-14-21(28)25-18-9-7-15-5-3-4-6-16(15)12-18/h2-10,12-13H,1,11,14H2,(H,25,28). The number of fused-ring (bicyclic) bond motifs is 2. The third kappa shape index (κ3) is 4.25. The maximum Gasteiger partial charge on any atom is 0.262 e. The molecule has 4 rings (SSSR count). The Morgan fingerprint density at radius 3 is 2.73 bits per heavy atom. The molecule has 3 aromatic carbocycles. The van der Waals surface area contributed by atoms with Gasteiger partial charge < -0.3 is 5.32 Å². The second kappa shape index (κ2) is 8.73. The number of hydrogen-bond acceptors (Lipinski definition) is 4. The van der Waals surface area contributed by atoms with Crippen LogP contribution in [0.4, 0.5) is 5.69 Å². The Morgan fingerprint density at radius 2 is 1.93 bits per heavy atom. The lowest BCUT2D eigenvalue weighted by atomic mass is 10.1. The first-order valence-corrected chi connectivity index (χ1v) is 10.6. The van der Waals surface area contributed by atoms with E-state index >= 15 is 0 Å². The van der Waals surface area contributed by atoms with Crippen molar-refractivity contribution in [2.45, 2.75) is 11.7 Å². The molecule has 7 heteroatoms. The Labute approximate surface area is 182 Å². The number of thioether (sulfide) groups is 1. The lowest BCUT2D eigenvalue weighted by Gasteiger charge is -2.12. The second-order valence-electron chi connectivity index (χ2n) is 6.66. The summed E-state index contributed by atoms with van der Waals surface area (Å²) in [6.07, 6.45) is 1.63. The molecule has 1 aromatic heterocycles. The van der Waals surface area contributed by atoms with Gasteiger partial charge in [-0.15, -0.1) is 6.58 Å². The summed E-state index contributed by atoms with van der Waals surface area (Å²) in [5.41, 5.74) is 1.04. The zero-order chi connectivity index (χ0) is 21.1. The molecule has 0 aliphatic carbocycles. The van der Waals surface area contributed by atoms with Crippen molar-refractivity contribution in [3.8, 4) is 0 Å². The zero-order valence-corrected chi connectivity index (χ0v) is 17.5. The van der Waals surface area contributed by atoms with Crippen LogP contribution in [0.2, 0.25) is 5.02 Å². The molecule has 0 atom stereocenters. The third-order valence-electron chi connectivity index (χ3n) is 4.56. The van der Waals surface area contributed by atoms with Crippen molar-refractivity contribution < 1.29 is 4.79 Å². The number of anilines is 1. The van der Waals surface area contributed by atoms with E-state index in [0.717, 1.165) is 16.5 Å². The summed E-state index contributed by atoms with van der Waals surface area (Å²) in [4.78, 5) is 29.9. The van der Waals surface area contributed by atoms with Crippen LogP contribution in [0.25, 0.3) is 21.7 Å². The summed E-state index contributed by atoms with van der Waals surface area (Å²) in [5, 5.41) is 6.49. The summed E-state index contributed by atoms with van der Waals surface area (Å²) in [7, 11) is 0. The highest BCUT2D eigenvalue weighted by molar-refractivity contribution is 7.99. The van der Waals surface area contributed by atoms with Crippen molar-refractivity contribution in [2.75, 3.05) is 11.1 Å². The number of nitrogens with one attached hydrogen (secondary N) is 1. The Morgan fingerprint density at radius 1 is 1.13 bits per heavy atom. The Kier molecular flexibility index (Phi) is 5.88. The van der Waals surface area contributed by atoms with Gasteiger partial charge in [-0.1, -0.05) is 59.8 Å². The minimum absolute atomic E-state index is 0.114. The molecule has 1 N–H and O–H groups in total. The lowest BCUT2D eigenvalue weighted by Crippen LogP contribution is -2.23. The van der Waals surface area contributed by atoms with E-state index in [1.54, 1.807) is 24.3 Å². The maximum atomic E-state index is 12.8. The molecule has 5 nitrogen and oxygen atoms in total. The van der Waals surface area contributed by atoms with Gasteiger partial charge in [0.25, 0.3) is 5.56 Å². The molecular weight excluding hydrogens is 418 g/mol. The van der Waals surface area contributed by atoms with Crippen LogP contribution >= 0.6 is 23.4 Å². The number of halogens is 1. The first kappa shape index (κ1) is 20.2. The van der Waals surface area contributed by atoms with E-state index in [0.29, 0.717) is 27.6 Å². The predicted molar refractivity (Wildman–Crippen MR) is 125 cm³/mol. The number of hydrogen-bond donors (Lipinski definition) is 1. The minimum Gasteiger partial charge on any atom is -0.325 e. The molecule has 0 bridgehead atoms. The van der Waals surface area contributed by atoms with E-state index in [2.05, 4.69) is 16.9 Å². The highest BCUT2D eigenvalue weighted by Crippen LogP contribution is 2.22. The highest BCUT2D eigenvalue weighted by Gasteiger charge is 2.13. The largest absolute Gasteiger partial charge is 0.325 e.